The smallest absolute Gasteiger partial charge is 0.358 e. The van der Waals surface area contributed by atoms with Crippen molar-refractivity contribution in [1.82, 2.24) is 4.98 Å². The predicted molar refractivity (Wildman–Crippen MR) is 91.2 cm³/mol. The molecular weight excluding hydrogens is 312 g/mol. The zero-order valence-corrected chi connectivity index (χ0v) is 13.7. The molecular formula is C17H18N2O3S. The Morgan fingerprint density at radius 2 is 2.09 bits per heavy atom. The molecule has 0 aliphatic rings. The Labute approximate surface area is 139 Å². The molecule has 0 radical (unpaired) electrons. The number of aromatic nitrogens is 1. The van der Waals surface area contributed by atoms with Crippen molar-refractivity contribution in [3.63, 3.8) is 0 Å². The lowest BCUT2D eigenvalue weighted by Gasteiger charge is -2.03. The largest absolute Gasteiger partial charge is 0.453 e. The molecule has 2 aromatic rings. The molecule has 120 valence electrons. The highest BCUT2D eigenvalue weighted by atomic mass is 32.1. The van der Waals surface area contributed by atoms with Crippen LogP contribution < -0.4 is 5.32 Å². The minimum absolute atomic E-state index is 0.190. The molecule has 1 heterocycles. The van der Waals surface area contributed by atoms with Gasteiger partial charge in [-0.3, -0.25) is 4.79 Å². The first-order chi connectivity index (χ1) is 11.1. The number of esters is 1. The highest BCUT2D eigenvalue weighted by molar-refractivity contribution is 7.13. The average Bonchev–Trinajstić information content (AvgIpc) is 3.06. The molecule has 0 spiro atoms. The van der Waals surface area contributed by atoms with Gasteiger partial charge in [-0.15, -0.1) is 17.9 Å². The third-order valence-corrected chi connectivity index (χ3v) is 3.93. The summed E-state index contributed by atoms with van der Waals surface area (Å²) in [4.78, 5) is 28.0. The third kappa shape index (κ3) is 4.75. The summed E-state index contributed by atoms with van der Waals surface area (Å²) in [6.45, 7) is 5.91. The average molecular weight is 330 g/mol. The fourth-order valence-electron chi connectivity index (χ4n) is 1.82. The van der Waals surface area contributed by atoms with E-state index in [0.29, 0.717) is 17.2 Å². The van der Waals surface area contributed by atoms with Crippen LogP contribution in [0.3, 0.4) is 0 Å². The summed E-state index contributed by atoms with van der Waals surface area (Å²) in [5.74, 6) is -0.840. The van der Waals surface area contributed by atoms with Crippen LogP contribution >= 0.6 is 11.3 Å². The number of hydrogen-bond acceptors (Lipinski definition) is 6. The quantitative estimate of drug-likeness (QED) is 0.457. The van der Waals surface area contributed by atoms with Crippen molar-refractivity contribution in [2.45, 2.75) is 13.3 Å². The molecule has 0 unspecified atom stereocenters. The summed E-state index contributed by atoms with van der Waals surface area (Å²) in [5.41, 5.74) is 1.87. The number of ketones is 1. The maximum atomic E-state index is 12.0. The van der Waals surface area contributed by atoms with E-state index < -0.39 is 5.97 Å². The molecule has 2 rings (SSSR count). The fourth-order valence-corrected chi connectivity index (χ4v) is 2.51. The molecule has 0 aliphatic heterocycles. The van der Waals surface area contributed by atoms with Crippen LogP contribution in [0.25, 0.3) is 0 Å². The molecule has 0 saturated heterocycles. The van der Waals surface area contributed by atoms with E-state index in [1.165, 1.54) is 11.3 Å². The zero-order valence-electron chi connectivity index (χ0n) is 12.9. The topological polar surface area (TPSA) is 68.3 Å². The summed E-state index contributed by atoms with van der Waals surface area (Å²) in [6.07, 6.45) is 2.61. The highest BCUT2D eigenvalue weighted by Crippen LogP contribution is 2.16. The number of carbonyl (C=O) groups excluding carboxylic acids is 2. The van der Waals surface area contributed by atoms with Gasteiger partial charge in [-0.1, -0.05) is 37.3 Å². The molecule has 0 atom stereocenters. The van der Waals surface area contributed by atoms with E-state index in [1.807, 2.05) is 19.1 Å². The van der Waals surface area contributed by atoms with Crippen molar-refractivity contribution >= 4 is 28.2 Å². The van der Waals surface area contributed by atoms with Crippen molar-refractivity contribution < 1.29 is 14.3 Å². The van der Waals surface area contributed by atoms with Crippen LogP contribution in [0.1, 0.15) is 33.3 Å². The number of Topliss-reactive ketones (excluding diaryl/α,β-unsaturated/α-hetero) is 1. The van der Waals surface area contributed by atoms with Gasteiger partial charge in [0.2, 0.25) is 0 Å². The zero-order chi connectivity index (χ0) is 16.7. The molecule has 1 N–H and O–H groups in total. The second-order valence-corrected chi connectivity index (χ2v) is 5.62. The lowest BCUT2D eigenvalue weighted by Crippen LogP contribution is -2.14. The normalized spacial score (nSPS) is 10.1. The molecule has 0 aliphatic carbocycles. The van der Waals surface area contributed by atoms with Crippen LogP contribution in [-0.4, -0.2) is 29.9 Å². The minimum Gasteiger partial charge on any atom is -0.453 e. The van der Waals surface area contributed by atoms with Gasteiger partial charge in [0.05, 0.1) is 0 Å². The lowest BCUT2D eigenvalue weighted by molar-refractivity contribution is 0.0470. The van der Waals surface area contributed by atoms with E-state index >= 15 is 0 Å². The van der Waals surface area contributed by atoms with Crippen LogP contribution in [0, 0.1) is 0 Å². The van der Waals surface area contributed by atoms with Crippen LogP contribution in [0.2, 0.25) is 0 Å². The summed E-state index contributed by atoms with van der Waals surface area (Å²) < 4.78 is 5.03. The summed E-state index contributed by atoms with van der Waals surface area (Å²) >= 11 is 1.30. The molecule has 0 saturated carbocycles. The first-order valence-corrected chi connectivity index (χ1v) is 8.11. The Kier molecular flexibility index (Phi) is 6.05. The number of benzene rings is 1. The van der Waals surface area contributed by atoms with Crippen LogP contribution in [0.15, 0.2) is 42.3 Å². The number of carbonyl (C=O) groups is 2. The molecule has 6 heteroatoms. The molecule has 1 aromatic carbocycles. The van der Waals surface area contributed by atoms with Crippen LogP contribution in [0.5, 0.6) is 0 Å². The fraction of sp³-hybridized carbons (Fsp3) is 0.235. The predicted octanol–water partition coefficient (Wildman–Crippen LogP) is 3.34. The van der Waals surface area contributed by atoms with Gasteiger partial charge in [0.1, 0.15) is 0 Å². The van der Waals surface area contributed by atoms with E-state index in [9.17, 15) is 9.59 Å². The Hall–Kier alpha value is -2.47. The van der Waals surface area contributed by atoms with Gasteiger partial charge in [0.15, 0.2) is 23.2 Å². The van der Waals surface area contributed by atoms with Gasteiger partial charge in [-0.25, -0.2) is 9.78 Å². The third-order valence-electron chi connectivity index (χ3n) is 3.13. The van der Waals surface area contributed by atoms with Crippen molar-refractivity contribution in [3.05, 3.63) is 59.1 Å². The highest BCUT2D eigenvalue weighted by Gasteiger charge is 2.15. The number of rotatable bonds is 8. The number of aryl methyl sites for hydroxylation is 1. The number of ether oxygens (including phenoxy) is 1. The van der Waals surface area contributed by atoms with E-state index in [1.54, 1.807) is 23.6 Å². The molecule has 1 aromatic heterocycles. The molecule has 0 bridgehead atoms. The van der Waals surface area contributed by atoms with Gasteiger partial charge in [0, 0.05) is 17.5 Å². The van der Waals surface area contributed by atoms with Crippen molar-refractivity contribution in [1.29, 1.82) is 0 Å². The standard InChI is InChI=1S/C17H18N2O3S/c1-3-9-18-17-19-14(11-23-17)16(21)22-10-15(20)13-7-5-12(4-2)6-8-13/h3,5-8,11H,1,4,9-10H2,2H3,(H,18,19). The maximum absolute atomic E-state index is 12.0. The molecule has 5 nitrogen and oxygen atoms in total. The monoisotopic (exact) mass is 330 g/mol. The number of nitrogens with one attached hydrogen (secondary N) is 1. The SMILES string of the molecule is C=CCNc1nc(C(=O)OCC(=O)c2ccc(CC)cc2)cs1. The van der Waals surface area contributed by atoms with E-state index in [-0.39, 0.29) is 18.1 Å². The second kappa shape index (κ2) is 8.24. The summed E-state index contributed by atoms with van der Waals surface area (Å²) in [5, 5.41) is 5.19. The minimum atomic E-state index is -0.605. The first-order valence-electron chi connectivity index (χ1n) is 7.23. The van der Waals surface area contributed by atoms with Crippen LogP contribution in [0.4, 0.5) is 5.13 Å². The number of nitrogens with zero attached hydrogens (tertiary/aromatic N) is 1. The van der Waals surface area contributed by atoms with Crippen LogP contribution in [-0.2, 0) is 11.2 Å². The van der Waals surface area contributed by atoms with Gasteiger partial charge >= 0.3 is 5.97 Å². The maximum Gasteiger partial charge on any atom is 0.358 e. The van der Waals surface area contributed by atoms with Gasteiger partial charge < -0.3 is 10.1 Å². The Bertz CT molecular complexity index is 692. The van der Waals surface area contributed by atoms with Crippen molar-refractivity contribution in [2.24, 2.45) is 0 Å². The second-order valence-electron chi connectivity index (χ2n) is 4.76. The molecule has 23 heavy (non-hydrogen) atoms. The first kappa shape index (κ1) is 16.9. The number of thiazole rings is 1. The van der Waals surface area contributed by atoms with Gasteiger partial charge in [-0.05, 0) is 12.0 Å². The van der Waals surface area contributed by atoms with Crippen molar-refractivity contribution in [2.75, 3.05) is 18.5 Å². The summed E-state index contributed by atoms with van der Waals surface area (Å²) in [6, 6.07) is 7.28. The number of hydrogen-bond donors (Lipinski definition) is 1. The Balaban J connectivity index is 1.88. The Morgan fingerprint density at radius 1 is 1.35 bits per heavy atom. The van der Waals surface area contributed by atoms with E-state index in [0.717, 1.165) is 12.0 Å². The van der Waals surface area contributed by atoms with Gasteiger partial charge in [0.25, 0.3) is 0 Å². The van der Waals surface area contributed by atoms with E-state index in [4.69, 9.17) is 4.74 Å². The molecule has 0 fully saturated rings. The summed E-state index contributed by atoms with van der Waals surface area (Å²) in [7, 11) is 0. The van der Waals surface area contributed by atoms with Gasteiger partial charge in [-0.2, -0.15) is 0 Å². The van der Waals surface area contributed by atoms with E-state index in [2.05, 4.69) is 16.9 Å². The lowest BCUT2D eigenvalue weighted by atomic mass is 10.1. The van der Waals surface area contributed by atoms with Crippen molar-refractivity contribution in [3.8, 4) is 0 Å². The number of anilines is 1. The Morgan fingerprint density at radius 3 is 2.74 bits per heavy atom. The molecule has 0 amide bonds.